The van der Waals surface area contributed by atoms with Crippen molar-refractivity contribution in [2.75, 3.05) is 7.05 Å². The number of aromatic nitrogens is 1. The predicted octanol–water partition coefficient (Wildman–Crippen LogP) is 4.88. The number of aryl methyl sites for hydroxylation is 2. The number of carbonyl (C=O) groups is 1. The fraction of sp³-hybridized carbons (Fsp3) is 0.391. The van der Waals surface area contributed by atoms with Gasteiger partial charge in [-0.3, -0.25) is 4.79 Å². The second kappa shape index (κ2) is 6.59. The molecule has 1 aliphatic heterocycles. The van der Waals surface area contributed by atoms with Gasteiger partial charge in [-0.25, -0.2) is 9.37 Å². The summed E-state index contributed by atoms with van der Waals surface area (Å²) >= 11 is 0. The molecule has 0 atom stereocenters. The molecule has 4 rings (SSSR count). The maximum atomic E-state index is 14.5. The van der Waals surface area contributed by atoms with Crippen molar-refractivity contribution in [2.24, 2.45) is 0 Å². The Morgan fingerprint density at radius 2 is 2.04 bits per heavy atom. The summed E-state index contributed by atoms with van der Waals surface area (Å²) in [5.41, 5.74) is 8.98. The van der Waals surface area contributed by atoms with E-state index < -0.39 is 0 Å². The number of pyridine rings is 1. The first-order valence-corrected chi connectivity index (χ1v) is 9.67. The normalized spacial score (nSPS) is 18.1. The molecule has 2 aromatic rings. The second-order valence-electron chi connectivity index (χ2n) is 7.69. The number of fused-ring (bicyclic) bond motifs is 2. The molecule has 27 heavy (non-hydrogen) atoms. The van der Waals surface area contributed by atoms with Crippen molar-refractivity contribution in [2.45, 2.75) is 53.0 Å². The van der Waals surface area contributed by atoms with Crippen LogP contribution < -0.4 is 0 Å². The standard InChI is InChI=1S/C23H25FN2O/c1-5-15(12-27)13(2)9-21-23-18(11-26(21)4)17-8-6-7-16-14(3)19(24)10-20(25-23)22(16)17/h9-10,12H,5-8,11H2,1-4H3/b15-13-,21-9-. The van der Waals surface area contributed by atoms with E-state index in [9.17, 15) is 9.18 Å². The van der Waals surface area contributed by atoms with Crippen molar-refractivity contribution >= 4 is 22.9 Å². The first kappa shape index (κ1) is 17.9. The lowest BCUT2D eigenvalue weighted by Gasteiger charge is -2.21. The van der Waals surface area contributed by atoms with Crippen molar-refractivity contribution in [1.29, 1.82) is 0 Å². The third-order valence-corrected chi connectivity index (χ3v) is 6.10. The molecular weight excluding hydrogens is 339 g/mol. The van der Waals surface area contributed by atoms with Gasteiger partial charge in [-0.2, -0.15) is 0 Å². The highest BCUT2D eigenvalue weighted by molar-refractivity contribution is 5.92. The van der Waals surface area contributed by atoms with E-state index in [2.05, 4.69) is 18.0 Å². The summed E-state index contributed by atoms with van der Waals surface area (Å²) in [4.78, 5) is 18.4. The van der Waals surface area contributed by atoms with Gasteiger partial charge in [0, 0.05) is 30.6 Å². The van der Waals surface area contributed by atoms with Gasteiger partial charge >= 0.3 is 0 Å². The van der Waals surface area contributed by atoms with Crippen molar-refractivity contribution < 1.29 is 9.18 Å². The average molecular weight is 364 g/mol. The van der Waals surface area contributed by atoms with Crippen LogP contribution in [0.3, 0.4) is 0 Å². The van der Waals surface area contributed by atoms with Crippen molar-refractivity contribution in [1.82, 2.24) is 9.88 Å². The summed E-state index contributed by atoms with van der Waals surface area (Å²) < 4.78 is 14.5. The Morgan fingerprint density at radius 1 is 1.30 bits per heavy atom. The topological polar surface area (TPSA) is 33.2 Å². The predicted molar refractivity (Wildman–Crippen MR) is 107 cm³/mol. The van der Waals surface area contributed by atoms with E-state index >= 15 is 0 Å². The highest BCUT2D eigenvalue weighted by Gasteiger charge is 2.30. The lowest BCUT2D eigenvalue weighted by Crippen LogP contribution is -2.10. The summed E-state index contributed by atoms with van der Waals surface area (Å²) in [5.74, 6) is -0.167. The number of hydrogen-bond acceptors (Lipinski definition) is 3. The van der Waals surface area contributed by atoms with Crippen LogP contribution in [0.15, 0.2) is 23.3 Å². The third-order valence-electron chi connectivity index (χ3n) is 6.10. The number of carbonyl (C=O) groups excluding carboxylic acids is 1. The smallest absolute Gasteiger partial charge is 0.146 e. The number of nitrogens with zero attached hydrogens (tertiary/aromatic N) is 2. The molecule has 0 saturated heterocycles. The van der Waals surface area contributed by atoms with E-state index in [0.29, 0.717) is 6.42 Å². The number of benzene rings is 1. The van der Waals surface area contributed by atoms with Crippen molar-refractivity contribution in [3.05, 3.63) is 57.1 Å². The van der Waals surface area contributed by atoms with Crippen LogP contribution in [0.5, 0.6) is 0 Å². The first-order chi connectivity index (χ1) is 13.0. The maximum absolute atomic E-state index is 14.5. The van der Waals surface area contributed by atoms with Crippen LogP contribution in [0.4, 0.5) is 4.39 Å². The molecule has 0 amide bonds. The molecule has 0 radical (unpaired) electrons. The molecule has 0 bridgehead atoms. The Hall–Kier alpha value is -2.49. The quantitative estimate of drug-likeness (QED) is 0.575. The zero-order chi connectivity index (χ0) is 19.3. The van der Waals surface area contributed by atoms with E-state index in [1.165, 1.54) is 16.5 Å². The van der Waals surface area contributed by atoms with Crippen molar-refractivity contribution in [3.63, 3.8) is 0 Å². The van der Waals surface area contributed by atoms with Crippen LogP contribution >= 0.6 is 0 Å². The van der Waals surface area contributed by atoms with Crippen LogP contribution in [0.2, 0.25) is 0 Å². The minimum absolute atomic E-state index is 0.167. The number of rotatable bonds is 3. The fourth-order valence-electron chi connectivity index (χ4n) is 4.54. The molecule has 0 unspecified atom stereocenters. The summed E-state index contributed by atoms with van der Waals surface area (Å²) in [5, 5.41) is 1.17. The van der Waals surface area contributed by atoms with E-state index in [1.807, 2.05) is 20.8 Å². The Morgan fingerprint density at radius 3 is 2.74 bits per heavy atom. The van der Waals surface area contributed by atoms with Crippen LogP contribution in [-0.4, -0.2) is 23.2 Å². The molecule has 4 heteroatoms. The molecule has 1 aliphatic carbocycles. The first-order valence-electron chi connectivity index (χ1n) is 9.67. The molecule has 0 fully saturated rings. The molecular formula is C23H25FN2O. The Bertz CT molecular complexity index is 1030. The largest absolute Gasteiger partial charge is 0.368 e. The Balaban J connectivity index is 2.00. The minimum Gasteiger partial charge on any atom is -0.368 e. The zero-order valence-electron chi connectivity index (χ0n) is 16.4. The molecule has 1 aromatic carbocycles. The minimum atomic E-state index is -0.167. The van der Waals surface area contributed by atoms with Crippen LogP contribution in [0.25, 0.3) is 16.6 Å². The number of aldehydes is 1. The SMILES string of the molecule is CC/C(C=O)=C(C)/C=C1/c2nc3cc(F)c(C)c4c3c(c2CN1C)CCC4. The van der Waals surface area contributed by atoms with Crippen molar-refractivity contribution in [3.8, 4) is 0 Å². The van der Waals surface area contributed by atoms with Gasteiger partial charge in [-0.15, -0.1) is 0 Å². The Kier molecular flexibility index (Phi) is 4.37. The monoisotopic (exact) mass is 364 g/mol. The zero-order valence-corrected chi connectivity index (χ0v) is 16.4. The van der Waals surface area contributed by atoms with Gasteiger partial charge in [-0.05, 0) is 73.4 Å². The highest BCUT2D eigenvalue weighted by Crippen LogP contribution is 2.41. The molecule has 3 nitrogen and oxygen atoms in total. The molecule has 0 saturated carbocycles. The van der Waals surface area contributed by atoms with Gasteiger partial charge in [0.15, 0.2) is 0 Å². The van der Waals surface area contributed by atoms with E-state index in [0.717, 1.165) is 71.3 Å². The number of allylic oxidation sites excluding steroid dienone is 3. The van der Waals surface area contributed by atoms with Crippen LogP contribution in [0, 0.1) is 12.7 Å². The number of hydrogen-bond donors (Lipinski definition) is 0. The van der Waals surface area contributed by atoms with Gasteiger partial charge in [-0.1, -0.05) is 6.92 Å². The summed E-state index contributed by atoms with van der Waals surface area (Å²) in [7, 11) is 2.06. The molecule has 2 aliphatic rings. The lowest BCUT2D eigenvalue weighted by atomic mass is 9.85. The molecule has 140 valence electrons. The average Bonchev–Trinajstić information content (AvgIpc) is 2.96. The van der Waals surface area contributed by atoms with E-state index in [4.69, 9.17) is 4.98 Å². The molecule has 2 heterocycles. The fourth-order valence-corrected chi connectivity index (χ4v) is 4.54. The van der Waals surface area contributed by atoms with Crippen LogP contribution in [-0.2, 0) is 24.2 Å². The lowest BCUT2D eigenvalue weighted by molar-refractivity contribution is -0.105. The maximum Gasteiger partial charge on any atom is 0.146 e. The van der Waals surface area contributed by atoms with Gasteiger partial charge in [0.25, 0.3) is 0 Å². The third kappa shape index (κ3) is 2.70. The molecule has 1 aromatic heterocycles. The molecule has 0 N–H and O–H groups in total. The second-order valence-corrected chi connectivity index (χ2v) is 7.69. The van der Waals surface area contributed by atoms with Crippen LogP contribution in [0.1, 0.15) is 54.6 Å². The summed E-state index contributed by atoms with van der Waals surface area (Å²) in [6.07, 6.45) is 6.69. The van der Waals surface area contributed by atoms with Gasteiger partial charge < -0.3 is 4.90 Å². The van der Waals surface area contributed by atoms with E-state index in [-0.39, 0.29) is 5.82 Å². The molecule has 0 spiro atoms. The van der Waals surface area contributed by atoms with Gasteiger partial charge in [0.05, 0.1) is 16.9 Å². The number of halogens is 1. The summed E-state index contributed by atoms with van der Waals surface area (Å²) in [6, 6.07) is 1.59. The Labute approximate surface area is 159 Å². The van der Waals surface area contributed by atoms with Gasteiger partial charge in [0.1, 0.15) is 12.1 Å². The summed E-state index contributed by atoms with van der Waals surface area (Å²) in [6.45, 7) is 6.65. The highest BCUT2D eigenvalue weighted by atomic mass is 19.1. The van der Waals surface area contributed by atoms with Gasteiger partial charge in [0.2, 0.25) is 0 Å². The van der Waals surface area contributed by atoms with E-state index in [1.54, 1.807) is 6.07 Å².